The molecule has 2 aliphatic heterocycles. The van der Waals surface area contributed by atoms with Crippen LogP contribution in [0.2, 0.25) is 0 Å². The maximum absolute atomic E-state index is 12.8. The third-order valence-corrected chi connectivity index (χ3v) is 4.08. The second-order valence-corrected chi connectivity index (χ2v) is 5.73. The summed E-state index contributed by atoms with van der Waals surface area (Å²) >= 11 is 0. The quantitative estimate of drug-likeness (QED) is 0.713. The number of carbonyl (C=O) groups excluding carboxylic acids is 3. The summed E-state index contributed by atoms with van der Waals surface area (Å²) in [6, 6.07) is -0.479. The van der Waals surface area contributed by atoms with Crippen molar-refractivity contribution in [2.24, 2.45) is 10.7 Å². The van der Waals surface area contributed by atoms with Gasteiger partial charge in [-0.1, -0.05) is 5.16 Å². The molecule has 0 bridgehead atoms. The van der Waals surface area contributed by atoms with Crippen LogP contribution in [0.15, 0.2) is 15.6 Å². The summed E-state index contributed by atoms with van der Waals surface area (Å²) in [5.41, 5.74) is 5.78. The molecule has 4 amide bonds. The van der Waals surface area contributed by atoms with Gasteiger partial charge in [-0.25, -0.2) is 9.37 Å². The Labute approximate surface area is 137 Å². The lowest BCUT2D eigenvalue weighted by atomic mass is 10.1. The van der Waals surface area contributed by atoms with Crippen molar-refractivity contribution >= 4 is 30.0 Å². The molecule has 10 nitrogen and oxygen atoms in total. The summed E-state index contributed by atoms with van der Waals surface area (Å²) in [6.45, 7) is 3.27. The number of fused-ring (bicyclic) bond motifs is 1. The molecule has 3 heterocycles. The monoisotopic (exact) mass is 333 g/mol. The van der Waals surface area contributed by atoms with E-state index in [1.807, 2.05) is 0 Å². The van der Waals surface area contributed by atoms with Crippen molar-refractivity contribution in [1.82, 2.24) is 15.0 Å². The highest BCUT2D eigenvalue weighted by molar-refractivity contribution is 6.21. The smallest absolute Gasteiger partial charge is 0.334 e. The van der Waals surface area contributed by atoms with Crippen molar-refractivity contribution < 1.29 is 23.5 Å². The van der Waals surface area contributed by atoms with Gasteiger partial charge in [0.2, 0.25) is 0 Å². The van der Waals surface area contributed by atoms with Gasteiger partial charge < -0.3 is 10.3 Å². The number of aryl methyl sites for hydroxylation is 1. The van der Waals surface area contributed by atoms with Crippen LogP contribution < -0.4 is 5.73 Å². The lowest BCUT2D eigenvalue weighted by Gasteiger charge is -2.33. The molecule has 2 aliphatic rings. The Bertz CT molecular complexity index is 795. The van der Waals surface area contributed by atoms with E-state index in [1.165, 1.54) is 22.9 Å². The van der Waals surface area contributed by atoms with E-state index in [-0.39, 0.29) is 12.4 Å². The highest BCUT2D eigenvalue weighted by atomic mass is 16.5. The SMILES string of the molecule is Cc1cc(CN2C(=O)C3C(=NC=[N+]3[C@@H](C)C(N)=O)N(C)C2=O)no1. The maximum atomic E-state index is 12.8. The largest absolute Gasteiger partial charge is 0.366 e. The summed E-state index contributed by atoms with van der Waals surface area (Å²) in [7, 11) is 1.52. The second kappa shape index (κ2) is 5.55. The van der Waals surface area contributed by atoms with Crippen LogP contribution in [0.3, 0.4) is 0 Å². The molecule has 1 saturated heterocycles. The average Bonchev–Trinajstić information content (AvgIpc) is 3.15. The van der Waals surface area contributed by atoms with Gasteiger partial charge in [-0.05, 0) is 18.8 Å². The van der Waals surface area contributed by atoms with E-state index in [0.29, 0.717) is 11.5 Å². The van der Waals surface area contributed by atoms with Gasteiger partial charge in [-0.15, -0.1) is 0 Å². The number of urea groups is 1. The highest BCUT2D eigenvalue weighted by Gasteiger charge is 2.53. The van der Waals surface area contributed by atoms with Crippen molar-refractivity contribution in [3.63, 3.8) is 0 Å². The molecule has 10 heteroatoms. The molecule has 3 rings (SSSR count). The van der Waals surface area contributed by atoms with Crippen LogP contribution in [-0.2, 0) is 16.1 Å². The Hall–Kier alpha value is -3.04. The van der Waals surface area contributed by atoms with Crippen molar-refractivity contribution in [1.29, 1.82) is 0 Å². The van der Waals surface area contributed by atoms with E-state index in [4.69, 9.17) is 10.3 Å². The van der Waals surface area contributed by atoms with Crippen molar-refractivity contribution in [2.45, 2.75) is 32.5 Å². The first-order valence-corrected chi connectivity index (χ1v) is 7.30. The fourth-order valence-electron chi connectivity index (χ4n) is 2.70. The first-order valence-electron chi connectivity index (χ1n) is 7.30. The summed E-state index contributed by atoms with van der Waals surface area (Å²) in [4.78, 5) is 43.2. The van der Waals surface area contributed by atoms with Crippen LogP contribution in [0.1, 0.15) is 18.4 Å². The number of primary amides is 1. The van der Waals surface area contributed by atoms with E-state index < -0.39 is 29.9 Å². The van der Waals surface area contributed by atoms with E-state index in [1.54, 1.807) is 19.9 Å². The molecule has 126 valence electrons. The Balaban J connectivity index is 1.91. The predicted molar refractivity (Wildman–Crippen MR) is 81.2 cm³/mol. The lowest BCUT2D eigenvalue weighted by Crippen LogP contribution is -2.63. The number of aliphatic imine (C=N–C) groups is 1. The molecule has 0 aromatic carbocycles. The number of hydrogen-bond donors (Lipinski definition) is 1. The summed E-state index contributed by atoms with van der Waals surface area (Å²) in [5.74, 6) is -0.227. The fraction of sp³-hybridized carbons (Fsp3) is 0.429. The van der Waals surface area contributed by atoms with Crippen LogP contribution in [-0.4, -0.2) is 68.7 Å². The van der Waals surface area contributed by atoms with E-state index in [0.717, 1.165) is 4.90 Å². The van der Waals surface area contributed by atoms with E-state index in [9.17, 15) is 14.4 Å². The highest BCUT2D eigenvalue weighted by Crippen LogP contribution is 2.21. The number of nitrogens with two attached hydrogens (primary N) is 1. The zero-order valence-electron chi connectivity index (χ0n) is 13.5. The molecular formula is C14H17N6O4+. The Morgan fingerprint density at radius 1 is 1.50 bits per heavy atom. The zero-order valence-corrected chi connectivity index (χ0v) is 13.5. The van der Waals surface area contributed by atoms with Gasteiger partial charge in [-0.3, -0.25) is 19.4 Å². The molecule has 1 aromatic rings. The van der Waals surface area contributed by atoms with Crippen molar-refractivity contribution in [3.05, 3.63) is 17.5 Å². The molecule has 0 aliphatic carbocycles. The summed E-state index contributed by atoms with van der Waals surface area (Å²) in [6.07, 6.45) is 1.36. The molecule has 1 fully saturated rings. The molecule has 1 aromatic heterocycles. The minimum absolute atomic E-state index is 0.0259. The number of hydrogen-bond acceptors (Lipinski definition) is 6. The number of aromatic nitrogens is 1. The van der Waals surface area contributed by atoms with Gasteiger partial charge in [0.05, 0.1) is 6.54 Å². The number of amidine groups is 1. The van der Waals surface area contributed by atoms with Crippen LogP contribution in [0.4, 0.5) is 4.79 Å². The molecule has 1 unspecified atom stereocenters. The van der Waals surface area contributed by atoms with E-state index >= 15 is 0 Å². The molecule has 24 heavy (non-hydrogen) atoms. The molecule has 0 spiro atoms. The Kier molecular flexibility index (Phi) is 3.66. The minimum atomic E-state index is -0.872. The Morgan fingerprint density at radius 3 is 2.79 bits per heavy atom. The third-order valence-electron chi connectivity index (χ3n) is 4.08. The number of nitrogens with zero attached hydrogens (tertiary/aromatic N) is 5. The number of amides is 4. The van der Waals surface area contributed by atoms with Crippen LogP contribution >= 0.6 is 0 Å². The zero-order chi connectivity index (χ0) is 17.6. The third kappa shape index (κ3) is 2.36. The average molecular weight is 333 g/mol. The van der Waals surface area contributed by atoms with Crippen LogP contribution in [0, 0.1) is 6.92 Å². The number of likely N-dealkylation sites (N-methyl/N-ethyl adjacent to an activating group) is 1. The topological polar surface area (TPSA) is 125 Å². The van der Waals surface area contributed by atoms with Gasteiger partial charge >= 0.3 is 6.03 Å². The normalized spacial score (nSPS) is 21.5. The summed E-state index contributed by atoms with van der Waals surface area (Å²) in [5, 5.41) is 3.81. The van der Waals surface area contributed by atoms with Gasteiger partial charge in [0.25, 0.3) is 30.0 Å². The van der Waals surface area contributed by atoms with Crippen molar-refractivity contribution in [2.75, 3.05) is 7.05 Å². The molecule has 2 atom stereocenters. The molecule has 0 radical (unpaired) electrons. The summed E-state index contributed by atoms with van der Waals surface area (Å²) < 4.78 is 6.41. The number of imide groups is 1. The first-order chi connectivity index (χ1) is 11.3. The van der Waals surface area contributed by atoms with Crippen LogP contribution in [0.25, 0.3) is 0 Å². The van der Waals surface area contributed by atoms with Gasteiger partial charge in [-0.2, -0.15) is 0 Å². The number of carbonyl (C=O) groups is 3. The first kappa shape index (κ1) is 15.8. The lowest BCUT2D eigenvalue weighted by molar-refractivity contribution is -0.551. The maximum Gasteiger partial charge on any atom is 0.334 e. The Morgan fingerprint density at radius 2 is 2.21 bits per heavy atom. The molecule has 2 N–H and O–H groups in total. The number of rotatable bonds is 4. The van der Waals surface area contributed by atoms with E-state index in [2.05, 4.69) is 10.1 Å². The van der Waals surface area contributed by atoms with Gasteiger partial charge in [0.1, 0.15) is 11.5 Å². The van der Waals surface area contributed by atoms with Crippen molar-refractivity contribution in [3.8, 4) is 0 Å². The fourth-order valence-corrected chi connectivity index (χ4v) is 2.70. The molecule has 0 saturated carbocycles. The predicted octanol–water partition coefficient (Wildman–Crippen LogP) is -0.928. The second-order valence-electron chi connectivity index (χ2n) is 5.73. The minimum Gasteiger partial charge on any atom is -0.366 e. The molecular weight excluding hydrogens is 316 g/mol. The van der Waals surface area contributed by atoms with Gasteiger partial charge in [0.15, 0.2) is 6.04 Å². The standard InChI is InChI=1S/C14H16N6O4/c1-7-4-9(17-24-7)5-19-13(22)10-12(18(3)14(19)23)16-6-20(10)8(2)11(15)21/h4,6,8,10H,5H2,1-3H3,(H-,15,21)/p+1/t8-,10?/m0/s1. The van der Waals surface area contributed by atoms with Crippen LogP contribution in [0.5, 0.6) is 0 Å². The van der Waals surface area contributed by atoms with Gasteiger partial charge in [0, 0.05) is 13.1 Å².